The Balaban J connectivity index is 1.89. The van der Waals surface area contributed by atoms with Crippen molar-refractivity contribution in [3.63, 3.8) is 0 Å². The van der Waals surface area contributed by atoms with Crippen LogP contribution in [0.2, 0.25) is 0 Å². The van der Waals surface area contributed by atoms with E-state index < -0.39 is 5.41 Å². The molecule has 6 nitrogen and oxygen atoms in total. The fourth-order valence-electron chi connectivity index (χ4n) is 3.05. The average Bonchev–Trinajstić information content (AvgIpc) is 2.54. The van der Waals surface area contributed by atoms with Gasteiger partial charge in [-0.05, 0) is 26.7 Å². The molecular weight excluding hydrogens is 270 g/mol. The Morgan fingerprint density at radius 2 is 1.76 bits per heavy atom. The third-order valence-electron chi connectivity index (χ3n) is 4.87. The van der Waals surface area contributed by atoms with Crippen LogP contribution in [-0.2, 0) is 14.3 Å². The highest BCUT2D eigenvalue weighted by atomic mass is 16.5. The molecule has 0 aromatic heterocycles. The van der Waals surface area contributed by atoms with Crippen LogP contribution >= 0.6 is 0 Å². The predicted molar refractivity (Wildman–Crippen MR) is 81.0 cm³/mol. The average molecular weight is 299 g/mol. The van der Waals surface area contributed by atoms with Gasteiger partial charge < -0.3 is 20.5 Å². The minimum Gasteiger partial charge on any atom is -0.381 e. The predicted octanol–water partition coefficient (Wildman–Crippen LogP) is -0.0311. The molecule has 0 atom stereocenters. The first-order valence-electron chi connectivity index (χ1n) is 7.89. The van der Waals surface area contributed by atoms with Crippen LogP contribution in [0.5, 0.6) is 0 Å². The summed E-state index contributed by atoms with van der Waals surface area (Å²) in [5, 5.41) is 3.12. The highest BCUT2D eigenvalue weighted by molar-refractivity contribution is 5.83. The summed E-state index contributed by atoms with van der Waals surface area (Å²) >= 11 is 0. The molecule has 1 amide bonds. The highest BCUT2D eigenvalue weighted by Crippen LogP contribution is 2.29. The van der Waals surface area contributed by atoms with Gasteiger partial charge in [-0.1, -0.05) is 0 Å². The summed E-state index contributed by atoms with van der Waals surface area (Å²) in [6, 6.07) is 0. The monoisotopic (exact) mass is 299 g/mol. The van der Waals surface area contributed by atoms with Crippen LogP contribution in [0.1, 0.15) is 26.7 Å². The highest BCUT2D eigenvalue weighted by Gasteiger charge is 2.39. The van der Waals surface area contributed by atoms with Crippen molar-refractivity contribution >= 4 is 5.91 Å². The number of nitrogens with two attached hydrogens (primary N) is 1. The summed E-state index contributed by atoms with van der Waals surface area (Å²) in [6.45, 7) is 9.96. The molecule has 2 heterocycles. The third-order valence-corrected chi connectivity index (χ3v) is 4.87. The Morgan fingerprint density at radius 3 is 2.33 bits per heavy atom. The van der Waals surface area contributed by atoms with Crippen molar-refractivity contribution in [2.75, 3.05) is 52.6 Å². The molecule has 0 aromatic carbocycles. The van der Waals surface area contributed by atoms with Crippen molar-refractivity contribution in [2.45, 2.75) is 32.2 Å². The van der Waals surface area contributed by atoms with Crippen LogP contribution < -0.4 is 11.1 Å². The lowest BCUT2D eigenvalue weighted by atomic mass is 9.79. The lowest BCUT2D eigenvalue weighted by Crippen LogP contribution is -2.58. The second-order valence-corrected chi connectivity index (χ2v) is 6.69. The molecule has 122 valence electrons. The molecule has 3 N–H and O–H groups in total. The van der Waals surface area contributed by atoms with Crippen molar-refractivity contribution < 1.29 is 14.3 Å². The number of morpholine rings is 1. The summed E-state index contributed by atoms with van der Waals surface area (Å²) in [6.07, 6.45) is 1.43. The van der Waals surface area contributed by atoms with E-state index in [4.69, 9.17) is 15.2 Å². The number of hydrogen-bond donors (Lipinski definition) is 2. The van der Waals surface area contributed by atoms with Gasteiger partial charge in [-0.25, -0.2) is 0 Å². The molecule has 0 aliphatic carbocycles. The molecule has 0 saturated carbocycles. The van der Waals surface area contributed by atoms with Crippen LogP contribution in [-0.4, -0.2) is 69.0 Å². The number of rotatable bonds is 5. The number of carbonyl (C=O) groups is 1. The maximum absolute atomic E-state index is 12.6. The topological polar surface area (TPSA) is 76.8 Å². The molecule has 2 rings (SSSR count). The van der Waals surface area contributed by atoms with Crippen LogP contribution in [0, 0.1) is 5.41 Å². The Bertz CT molecular complexity index is 348. The zero-order valence-electron chi connectivity index (χ0n) is 13.3. The molecule has 0 spiro atoms. The Labute approximate surface area is 127 Å². The lowest BCUT2D eigenvalue weighted by molar-refractivity contribution is -0.136. The van der Waals surface area contributed by atoms with E-state index >= 15 is 0 Å². The minimum absolute atomic E-state index is 0.0691. The second-order valence-electron chi connectivity index (χ2n) is 6.69. The van der Waals surface area contributed by atoms with E-state index in [9.17, 15) is 4.79 Å². The van der Waals surface area contributed by atoms with Gasteiger partial charge >= 0.3 is 0 Å². The van der Waals surface area contributed by atoms with Gasteiger partial charge in [-0.2, -0.15) is 0 Å². The zero-order chi connectivity index (χ0) is 15.3. The lowest BCUT2D eigenvalue weighted by Gasteiger charge is -2.42. The SMILES string of the molecule is CC(C)(CNC(=O)C1(CN)CCOCC1)N1CCOCC1. The molecular formula is C15H29N3O3. The van der Waals surface area contributed by atoms with Crippen LogP contribution in [0.4, 0.5) is 0 Å². The third kappa shape index (κ3) is 3.94. The zero-order valence-corrected chi connectivity index (χ0v) is 13.3. The normalized spacial score (nSPS) is 23.8. The van der Waals surface area contributed by atoms with Gasteiger partial charge in [0.2, 0.25) is 5.91 Å². The maximum Gasteiger partial charge on any atom is 0.227 e. The van der Waals surface area contributed by atoms with Gasteiger partial charge in [0.1, 0.15) is 0 Å². The number of carbonyl (C=O) groups excluding carboxylic acids is 1. The Kier molecular flexibility index (Phi) is 5.60. The first-order chi connectivity index (χ1) is 10.0. The van der Waals surface area contributed by atoms with E-state index in [0.29, 0.717) is 39.1 Å². The fourth-order valence-corrected chi connectivity index (χ4v) is 3.05. The summed E-state index contributed by atoms with van der Waals surface area (Å²) in [4.78, 5) is 15.0. The van der Waals surface area contributed by atoms with Crippen molar-refractivity contribution in [1.29, 1.82) is 0 Å². The first-order valence-corrected chi connectivity index (χ1v) is 7.89. The molecule has 2 saturated heterocycles. The van der Waals surface area contributed by atoms with Gasteiger partial charge in [0.15, 0.2) is 0 Å². The molecule has 2 aliphatic rings. The van der Waals surface area contributed by atoms with Crippen molar-refractivity contribution in [2.24, 2.45) is 11.1 Å². The molecule has 21 heavy (non-hydrogen) atoms. The Morgan fingerprint density at radius 1 is 1.19 bits per heavy atom. The summed E-state index contributed by atoms with van der Waals surface area (Å²) < 4.78 is 10.7. The van der Waals surface area contributed by atoms with Crippen LogP contribution in [0.25, 0.3) is 0 Å². The Hall–Kier alpha value is -0.690. The first kappa shape index (κ1) is 16.7. The molecule has 2 aliphatic heterocycles. The standard InChI is InChI=1S/C15H29N3O3/c1-14(2,18-5-9-21-10-6-18)12-17-13(19)15(11-16)3-7-20-8-4-15/h3-12,16H2,1-2H3,(H,17,19). The van der Waals surface area contributed by atoms with E-state index in [2.05, 4.69) is 24.1 Å². The van der Waals surface area contributed by atoms with E-state index in [1.54, 1.807) is 0 Å². The fraction of sp³-hybridized carbons (Fsp3) is 0.933. The number of nitrogens with one attached hydrogen (secondary N) is 1. The van der Waals surface area contributed by atoms with Crippen molar-refractivity contribution in [1.82, 2.24) is 10.2 Å². The molecule has 6 heteroatoms. The minimum atomic E-state index is -0.445. The van der Waals surface area contributed by atoms with Crippen molar-refractivity contribution in [3.8, 4) is 0 Å². The van der Waals surface area contributed by atoms with Crippen LogP contribution in [0.3, 0.4) is 0 Å². The van der Waals surface area contributed by atoms with E-state index in [1.165, 1.54) is 0 Å². The van der Waals surface area contributed by atoms with Gasteiger partial charge in [0.25, 0.3) is 0 Å². The van der Waals surface area contributed by atoms with Gasteiger partial charge in [-0.3, -0.25) is 9.69 Å². The number of ether oxygens (including phenoxy) is 2. The van der Waals surface area contributed by atoms with Gasteiger partial charge in [0.05, 0.1) is 18.6 Å². The molecule has 0 unspecified atom stereocenters. The number of hydrogen-bond acceptors (Lipinski definition) is 5. The molecule has 0 radical (unpaired) electrons. The van der Waals surface area contributed by atoms with Gasteiger partial charge in [-0.15, -0.1) is 0 Å². The quantitative estimate of drug-likeness (QED) is 0.745. The second kappa shape index (κ2) is 7.05. The largest absolute Gasteiger partial charge is 0.381 e. The summed E-state index contributed by atoms with van der Waals surface area (Å²) in [5.41, 5.74) is 5.36. The summed E-state index contributed by atoms with van der Waals surface area (Å²) in [7, 11) is 0. The van der Waals surface area contributed by atoms with E-state index in [-0.39, 0.29) is 11.4 Å². The van der Waals surface area contributed by atoms with E-state index in [1.807, 2.05) is 0 Å². The maximum atomic E-state index is 12.6. The van der Waals surface area contributed by atoms with Crippen molar-refractivity contribution in [3.05, 3.63) is 0 Å². The smallest absolute Gasteiger partial charge is 0.227 e. The summed E-state index contributed by atoms with van der Waals surface area (Å²) in [5.74, 6) is 0.0784. The number of amides is 1. The van der Waals surface area contributed by atoms with E-state index in [0.717, 1.165) is 26.3 Å². The molecule has 0 bridgehead atoms. The molecule has 0 aromatic rings. The van der Waals surface area contributed by atoms with Crippen LogP contribution in [0.15, 0.2) is 0 Å². The van der Waals surface area contributed by atoms with Gasteiger partial charge in [0, 0.05) is 44.9 Å². The number of nitrogens with zero attached hydrogens (tertiary/aromatic N) is 1. The molecule has 2 fully saturated rings.